The summed E-state index contributed by atoms with van der Waals surface area (Å²) in [5.74, 6) is 1.14. The molecule has 8 heteroatoms. The van der Waals surface area contributed by atoms with Gasteiger partial charge in [0.2, 0.25) is 15.9 Å². The zero-order chi connectivity index (χ0) is 20.9. The van der Waals surface area contributed by atoms with Crippen LogP contribution in [-0.4, -0.2) is 45.9 Å². The average molecular weight is 419 g/mol. The highest BCUT2D eigenvalue weighted by Gasteiger charge is 2.27. The van der Waals surface area contributed by atoms with E-state index in [9.17, 15) is 13.2 Å². The number of carbonyl (C=O) groups excluding carboxylic acids is 1. The highest BCUT2D eigenvalue weighted by molar-refractivity contribution is 7.89. The topological polar surface area (TPSA) is 84.9 Å². The summed E-state index contributed by atoms with van der Waals surface area (Å²) < 4.78 is 37.4. The van der Waals surface area contributed by atoms with Crippen LogP contribution in [-0.2, 0) is 21.2 Å². The van der Waals surface area contributed by atoms with Crippen molar-refractivity contribution >= 4 is 21.6 Å². The molecule has 1 N–H and O–H groups in total. The SMILES string of the molecule is COc1cc(CCC(=O)Nc2cccc(S(=O)(=O)N3CCCC3)c2)cc(OC)c1. The van der Waals surface area contributed by atoms with Crippen LogP contribution in [0, 0.1) is 0 Å². The second-order valence-corrected chi connectivity index (χ2v) is 8.85. The molecule has 3 rings (SSSR count). The van der Waals surface area contributed by atoms with Gasteiger partial charge in [-0.3, -0.25) is 4.79 Å². The van der Waals surface area contributed by atoms with Crippen molar-refractivity contribution in [2.45, 2.75) is 30.6 Å². The van der Waals surface area contributed by atoms with E-state index in [1.807, 2.05) is 12.1 Å². The van der Waals surface area contributed by atoms with Crippen molar-refractivity contribution in [3.63, 3.8) is 0 Å². The number of methoxy groups -OCH3 is 2. The first-order valence-corrected chi connectivity index (χ1v) is 11.0. The van der Waals surface area contributed by atoms with Gasteiger partial charge in [0.05, 0.1) is 19.1 Å². The molecule has 156 valence electrons. The highest BCUT2D eigenvalue weighted by atomic mass is 32.2. The number of sulfonamides is 1. The minimum absolute atomic E-state index is 0.192. The molecular formula is C21H26N2O5S. The van der Waals surface area contributed by atoms with Gasteiger partial charge in [0, 0.05) is 31.3 Å². The lowest BCUT2D eigenvalue weighted by Crippen LogP contribution is -2.27. The molecule has 0 saturated carbocycles. The zero-order valence-corrected chi connectivity index (χ0v) is 17.5. The lowest BCUT2D eigenvalue weighted by atomic mass is 10.1. The van der Waals surface area contributed by atoms with Crippen molar-refractivity contribution in [2.75, 3.05) is 32.6 Å². The smallest absolute Gasteiger partial charge is 0.243 e. The Hall–Kier alpha value is -2.58. The summed E-state index contributed by atoms with van der Waals surface area (Å²) in [6.45, 7) is 1.09. The number of amides is 1. The van der Waals surface area contributed by atoms with Gasteiger partial charge in [-0.1, -0.05) is 6.07 Å². The first-order valence-electron chi connectivity index (χ1n) is 9.54. The Kier molecular flexibility index (Phi) is 6.76. The third-order valence-electron chi connectivity index (χ3n) is 4.87. The highest BCUT2D eigenvalue weighted by Crippen LogP contribution is 2.25. The second kappa shape index (κ2) is 9.28. The summed E-state index contributed by atoms with van der Waals surface area (Å²) in [5.41, 5.74) is 1.39. The molecule has 0 bridgehead atoms. The van der Waals surface area contributed by atoms with Crippen LogP contribution in [0.1, 0.15) is 24.8 Å². The normalized spacial score (nSPS) is 14.6. The molecule has 1 heterocycles. The predicted molar refractivity (Wildman–Crippen MR) is 111 cm³/mol. The lowest BCUT2D eigenvalue weighted by Gasteiger charge is -2.16. The average Bonchev–Trinajstić information content (AvgIpc) is 3.28. The summed E-state index contributed by atoms with van der Waals surface area (Å²) in [7, 11) is -0.358. The monoisotopic (exact) mass is 418 g/mol. The zero-order valence-electron chi connectivity index (χ0n) is 16.7. The third-order valence-corrected chi connectivity index (χ3v) is 6.77. The molecule has 1 amide bonds. The Morgan fingerprint density at radius 1 is 1.03 bits per heavy atom. The van der Waals surface area contributed by atoms with E-state index >= 15 is 0 Å². The molecule has 2 aromatic carbocycles. The van der Waals surface area contributed by atoms with E-state index in [1.165, 1.54) is 10.4 Å². The van der Waals surface area contributed by atoms with Gasteiger partial charge in [-0.25, -0.2) is 8.42 Å². The number of nitrogens with one attached hydrogen (secondary N) is 1. The van der Waals surface area contributed by atoms with Gasteiger partial charge in [-0.05, 0) is 55.2 Å². The molecule has 2 aromatic rings. The van der Waals surface area contributed by atoms with Crippen LogP contribution in [0.25, 0.3) is 0 Å². The van der Waals surface area contributed by atoms with Crippen molar-refractivity contribution in [1.29, 1.82) is 0 Å². The molecule has 0 radical (unpaired) electrons. The largest absolute Gasteiger partial charge is 0.497 e. The minimum Gasteiger partial charge on any atom is -0.497 e. The third kappa shape index (κ3) is 5.27. The van der Waals surface area contributed by atoms with E-state index in [0.717, 1.165) is 18.4 Å². The van der Waals surface area contributed by atoms with Gasteiger partial charge in [-0.2, -0.15) is 4.31 Å². The van der Waals surface area contributed by atoms with E-state index in [4.69, 9.17) is 9.47 Å². The number of aryl methyl sites for hydroxylation is 1. The molecule has 0 aromatic heterocycles. The maximum absolute atomic E-state index is 12.7. The molecule has 1 aliphatic heterocycles. The van der Waals surface area contributed by atoms with Gasteiger partial charge in [0.25, 0.3) is 0 Å². The summed E-state index contributed by atoms with van der Waals surface area (Å²) in [5, 5.41) is 2.79. The standard InChI is InChI=1S/C21H26N2O5S/c1-27-18-12-16(13-19(15-18)28-2)8-9-21(24)22-17-6-5-7-20(14-17)29(25,26)23-10-3-4-11-23/h5-7,12-15H,3-4,8-11H2,1-2H3,(H,22,24). The first kappa shape index (κ1) is 21.1. The number of rotatable bonds is 8. The Labute approximate surface area is 171 Å². The van der Waals surface area contributed by atoms with E-state index in [2.05, 4.69) is 5.32 Å². The van der Waals surface area contributed by atoms with Crippen LogP contribution in [0.4, 0.5) is 5.69 Å². The Balaban J connectivity index is 1.64. The molecular weight excluding hydrogens is 392 g/mol. The molecule has 0 aliphatic carbocycles. The minimum atomic E-state index is -3.51. The number of anilines is 1. The Morgan fingerprint density at radius 2 is 1.69 bits per heavy atom. The number of hydrogen-bond acceptors (Lipinski definition) is 5. The summed E-state index contributed by atoms with van der Waals surface area (Å²) in [6.07, 6.45) is 2.51. The lowest BCUT2D eigenvalue weighted by molar-refractivity contribution is -0.116. The molecule has 1 saturated heterocycles. The van der Waals surface area contributed by atoms with Crippen molar-refractivity contribution in [2.24, 2.45) is 0 Å². The van der Waals surface area contributed by atoms with Crippen LogP contribution in [0.15, 0.2) is 47.4 Å². The van der Waals surface area contributed by atoms with Crippen molar-refractivity contribution < 1.29 is 22.7 Å². The van der Waals surface area contributed by atoms with E-state index in [0.29, 0.717) is 36.7 Å². The Bertz CT molecular complexity index is 947. The number of hydrogen-bond donors (Lipinski definition) is 1. The molecule has 1 fully saturated rings. The van der Waals surface area contributed by atoms with E-state index in [-0.39, 0.29) is 17.2 Å². The number of benzene rings is 2. The molecule has 0 atom stereocenters. The second-order valence-electron chi connectivity index (χ2n) is 6.91. The predicted octanol–water partition coefficient (Wildman–Crippen LogP) is 3.06. The van der Waals surface area contributed by atoms with Gasteiger partial charge >= 0.3 is 0 Å². The number of nitrogens with zero attached hydrogens (tertiary/aromatic N) is 1. The van der Waals surface area contributed by atoms with Crippen LogP contribution in [0.2, 0.25) is 0 Å². The van der Waals surface area contributed by atoms with Crippen LogP contribution < -0.4 is 14.8 Å². The Morgan fingerprint density at radius 3 is 2.31 bits per heavy atom. The maximum Gasteiger partial charge on any atom is 0.243 e. The molecule has 1 aliphatic rings. The van der Waals surface area contributed by atoms with Crippen molar-refractivity contribution in [3.8, 4) is 11.5 Å². The van der Waals surface area contributed by atoms with Crippen LogP contribution in [0.5, 0.6) is 11.5 Å². The van der Waals surface area contributed by atoms with Gasteiger partial charge in [0.15, 0.2) is 0 Å². The summed E-state index contributed by atoms with van der Waals surface area (Å²) in [6, 6.07) is 11.9. The van der Waals surface area contributed by atoms with Crippen molar-refractivity contribution in [1.82, 2.24) is 4.31 Å². The van der Waals surface area contributed by atoms with Gasteiger partial charge < -0.3 is 14.8 Å². The summed E-state index contributed by atoms with van der Waals surface area (Å²) >= 11 is 0. The molecule has 0 unspecified atom stereocenters. The maximum atomic E-state index is 12.7. The molecule has 7 nitrogen and oxygen atoms in total. The fourth-order valence-corrected chi connectivity index (χ4v) is 4.87. The van der Waals surface area contributed by atoms with Crippen LogP contribution >= 0.6 is 0 Å². The fourth-order valence-electron chi connectivity index (χ4n) is 3.30. The molecule has 29 heavy (non-hydrogen) atoms. The summed E-state index contributed by atoms with van der Waals surface area (Å²) in [4.78, 5) is 12.6. The van der Waals surface area contributed by atoms with Gasteiger partial charge in [0.1, 0.15) is 11.5 Å². The number of ether oxygens (including phenoxy) is 2. The first-order chi connectivity index (χ1) is 13.9. The quantitative estimate of drug-likeness (QED) is 0.712. The van der Waals surface area contributed by atoms with E-state index in [1.54, 1.807) is 38.5 Å². The van der Waals surface area contributed by atoms with Crippen molar-refractivity contribution in [3.05, 3.63) is 48.0 Å². The van der Waals surface area contributed by atoms with Crippen LogP contribution in [0.3, 0.4) is 0 Å². The van der Waals surface area contributed by atoms with Gasteiger partial charge in [-0.15, -0.1) is 0 Å². The van der Waals surface area contributed by atoms with E-state index < -0.39 is 10.0 Å². The fraction of sp³-hybridized carbons (Fsp3) is 0.381. The number of carbonyl (C=O) groups is 1. The molecule has 0 spiro atoms.